The first-order valence-electron chi connectivity index (χ1n) is 8.66. The summed E-state index contributed by atoms with van der Waals surface area (Å²) >= 11 is 0. The Hall–Kier alpha value is -2.57. The van der Waals surface area contributed by atoms with Crippen LogP contribution in [0.3, 0.4) is 0 Å². The van der Waals surface area contributed by atoms with Gasteiger partial charge in [0, 0.05) is 11.6 Å². The number of rotatable bonds is 5. The van der Waals surface area contributed by atoms with E-state index in [-0.39, 0.29) is 17.6 Å². The van der Waals surface area contributed by atoms with E-state index >= 15 is 0 Å². The first kappa shape index (κ1) is 17.3. The second-order valence-corrected chi connectivity index (χ2v) is 7.00. The van der Waals surface area contributed by atoms with Crippen molar-refractivity contribution in [2.75, 3.05) is 0 Å². The van der Waals surface area contributed by atoms with Gasteiger partial charge in [-0.1, -0.05) is 26.7 Å². The monoisotopic (exact) mass is 345 g/mol. The van der Waals surface area contributed by atoms with E-state index in [4.69, 9.17) is 0 Å². The maximum atomic E-state index is 12.4. The number of H-pyrrole nitrogens is 1. The van der Waals surface area contributed by atoms with E-state index < -0.39 is 17.9 Å². The number of aliphatic carboxylic acids is 1. The van der Waals surface area contributed by atoms with Crippen molar-refractivity contribution in [1.82, 2.24) is 14.9 Å². The molecule has 0 aliphatic heterocycles. The molecule has 7 heteroatoms. The van der Waals surface area contributed by atoms with Crippen LogP contribution >= 0.6 is 0 Å². The van der Waals surface area contributed by atoms with Crippen LogP contribution in [0.5, 0.6) is 0 Å². The topological polar surface area (TPSA) is 104 Å². The van der Waals surface area contributed by atoms with Crippen LogP contribution < -0.4 is 11.0 Å². The summed E-state index contributed by atoms with van der Waals surface area (Å²) in [5, 5.41) is 11.7. The Bertz CT molecular complexity index is 859. The highest BCUT2D eigenvalue weighted by Crippen LogP contribution is 2.30. The van der Waals surface area contributed by atoms with Gasteiger partial charge < -0.3 is 15.4 Å². The molecular formula is C18H23N3O4. The van der Waals surface area contributed by atoms with Crippen molar-refractivity contribution >= 4 is 22.9 Å². The number of aromatic nitrogens is 2. The third-order valence-electron chi connectivity index (χ3n) is 4.89. The molecule has 1 unspecified atom stereocenters. The number of aromatic amines is 1. The highest BCUT2D eigenvalue weighted by molar-refractivity contribution is 5.99. The van der Waals surface area contributed by atoms with E-state index in [1.165, 1.54) is 0 Å². The fourth-order valence-electron chi connectivity index (χ4n) is 3.54. The second-order valence-electron chi connectivity index (χ2n) is 7.00. The molecule has 7 nitrogen and oxygen atoms in total. The van der Waals surface area contributed by atoms with E-state index in [2.05, 4.69) is 10.3 Å². The van der Waals surface area contributed by atoms with E-state index in [9.17, 15) is 19.5 Å². The smallest absolute Gasteiger partial charge is 0.326 e. The molecule has 1 amide bonds. The van der Waals surface area contributed by atoms with Crippen LogP contribution in [0, 0.1) is 5.92 Å². The summed E-state index contributed by atoms with van der Waals surface area (Å²) in [5.41, 5.74) is 1.55. The van der Waals surface area contributed by atoms with Crippen molar-refractivity contribution in [1.29, 1.82) is 0 Å². The molecule has 1 aromatic carbocycles. The van der Waals surface area contributed by atoms with Gasteiger partial charge in [-0.2, -0.15) is 0 Å². The highest BCUT2D eigenvalue weighted by Gasteiger charge is 2.25. The van der Waals surface area contributed by atoms with E-state index in [0.717, 1.165) is 31.2 Å². The summed E-state index contributed by atoms with van der Waals surface area (Å²) in [7, 11) is 0. The molecule has 0 spiro atoms. The van der Waals surface area contributed by atoms with Gasteiger partial charge in [0.1, 0.15) is 6.04 Å². The normalized spacial score (nSPS) is 16.4. The van der Waals surface area contributed by atoms with Gasteiger partial charge in [-0.25, -0.2) is 9.59 Å². The Labute approximate surface area is 145 Å². The fraction of sp³-hybridized carbons (Fsp3) is 0.500. The number of carboxylic acids is 1. The van der Waals surface area contributed by atoms with E-state index in [0.29, 0.717) is 11.1 Å². The molecule has 134 valence electrons. The number of amides is 1. The standard InChI is InChI=1S/C18H23N3O4/c1-10(2)15(17(23)24)20-16(22)11-7-8-14-13(9-11)19-18(25)21(14)12-5-3-4-6-12/h7-10,12,15H,3-6H2,1-2H3,(H,19,25)(H,20,22)(H,23,24). The maximum absolute atomic E-state index is 12.4. The molecule has 3 N–H and O–H groups in total. The van der Waals surface area contributed by atoms with Crippen molar-refractivity contribution in [3.8, 4) is 0 Å². The number of hydrogen-bond acceptors (Lipinski definition) is 3. The number of nitrogens with one attached hydrogen (secondary N) is 2. The molecule has 3 rings (SSSR count). The number of nitrogens with zero attached hydrogens (tertiary/aromatic N) is 1. The second kappa shape index (κ2) is 6.74. The van der Waals surface area contributed by atoms with Crippen LogP contribution in [0.2, 0.25) is 0 Å². The SMILES string of the molecule is CC(C)C(NC(=O)c1ccc2c(c1)[nH]c(=O)n2C1CCCC1)C(=O)O. The van der Waals surface area contributed by atoms with Crippen molar-refractivity contribution in [2.24, 2.45) is 5.92 Å². The molecular weight excluding hydrogens is 322 g/mol. The lowest BCUT2D eigenvalue weighted by atomic mass is 10.0. The predicted octanol–water partition coefficient (Wildman–Crippen LogP) is 2.28. The van der Waals surface area contributed by atoms with E-state index in [1.54, 1.807) is 36.6 Å². The maximum Gasteiger partial charge on any atom is 0.326 e. The minimum Gasteiger partial charge on any atom is -0.480 e. The van der Waals surface area contributed by atoms with Crippen LogP contribution in [0.25, 0.3) is 11.0 Å². The fourth-order valence-corrected chi connectivity index (χ4v) is 3.54. The number of hydrogen-bond donors (Lipinski definition) is 3. The number of imidazole rings is 1. The quantitative estimate of drug-likeness (QED) is 0.773. The Morgan fingerprint density at radius 2 is 1.96 bits per heavy atom. The Morgan fingerprint density at radius 3 is 2.56 bits per heavy atom. The lowest BCUT2D eigenvalue weighted by Crippen LogP contribution is -2.44. The molecule has 0 bridgehead atoms. The minimum atomic E-state index is -1.06. The number of fused-ring (bicyclic) bond motifs is 1. The van der Waals surface area contributed by atoms with Gasteiger partial charge in [-0.15, -0.1) is 0 Å². The van der Waals surface area contributed by atoms with Crippen LogP contribution in [-0.2, 0) is 4.79 Å². The van der Waals surface area contributed by atoms with Crippen molar-refractivity contribution in [2.45, 2.75) is 51.6 Å². The third kappa shape index (κ3) is 3.31. The van der Waals surface area contributed by atoms with Gasteiger partial charge in [-0.05, 0) is 37.0 Å². The molecule has 0 radical (unpaired) electrons. The Balaban J connectivity index is 1.90. The number of carbonyl (C=O) groups excluding carboxylic acids is 1. The zero-order chi connectivity index (χ0) is 18.1. The molecule has 1 aliphatic carbocycles. The third-order valence-corrected chi connectivity index (χ3v) is 4.89. The number of carbonyl (C=O) groups is 2. The average molecular weight is 345 g/mol. The van der Waals surface area contributed by atoms with Crippen LogP contribution in [-0.4, -0.2) is 32.6 Å². The Morgan fingerprint density at radius 1 is 1.28 bits per heavy atom. The van der Waals surface area contributed by atoms with E-state index in [1.807, 2.05) is 0 Å². The summed E-state index contributed by atoms with van der Waals surface area (Å²) in [4.78, 5) is 38.7. The summed E-state index contributed by atoms with van der Waals surface area (Å²) in [6.07, 6.45) is 4.22. The van der Waals surface area contributed by atoms with Gasteiger partial charge in [0.2, 0.25) is 0 Å². The van der Waals surface area contributed by atoms with Gasteiger partial charge >= 0.3 is 11.7 Å². The van der Waals surface area contributed by atoms with Crippen molar-refractivity contribution in [3.63, 3.8) is 0 Å². The largest absolute Gasteiger partial charge is 0.480 e. The van der Waals surface area contributed by atoms with Gasteiger partial charge in [0.15, 0.2) is 0 Å². The molecule has 1 aliphatic rings. The predicted molar refractivity (Wildman–Crippen MR) is 93.8 cm³/mol. The first-order chi connectivity index (χ1) is 11.9. The summed E-state index contributed by atoms with van der Waals surface area (Å²) < 4.78 is 1.78. The molecule has 25 heavy (non-hydrogen) atoms. The lowest BCUT2D eigenvalue weighted by Gasteiger charge is -2.18. The number of benzene rings is 1. The molecule has 1 aromatic heterocycles. The summed E-state index contributed by atoms with van der Waals surface area (Å²) in [6, 6.07) is 4.25. The zero-order valence-electron chi connectivity index (χ0n) is 14.4. The first-order valence-corrected chi connectivity index (χ1v) is 8.66. The molecule has 1 heterocycles. The molecule has 1 fully saturated rings. The van der Waals surface area contributed by atoms with Crippen LogP contribution in [0.15, 0.2) is 23.0 Å². The Kier molecular flexibility index (Phi) is 4.65. The zero-order valence-corrected chi connectivity index (χ0v) is 14.4. The average Bonchev–Trinajstić information content (AvgIpc) is 3.17. The van der Waals surface area contributed by atoms with Gasteiger partial charge in [0.05, 0.1) is 11.0 Å². The molecule has 1 saturated carbocycles. The number of carboxylic acid groups (broad SMARTS) is 1. The van der Waals surface area contributed by atoms with Gasteiger partial charge in [0.25, 0.3) is 5.91 Å². The molecule has 0 saturated heterocycles. The molecule has 2 aromatic rings. The van der Waals surface area contributed by atoms with Crippen molar-refractivity contribution < 1.29 is 14.7 Å². The van der Waals surface area contributed by atoms with Crippen LogP contribution in [0.4, 0.5) is 0 Å². The summed E-state index contributed by atoms with van der Waals surface area (Å²) in [5.74, 6) is -1.75. The van der Waals surface area contributed by atoms with Crippen molar-refractivity contribution in [3.05, 3.63) is 34.2 Å². The molecule has 1 atom stereocenters. The summed E-state index contributed by atoms with van der Waals surface area (Å²) in [6.45, 7) is 3.48. The lowest BCUT2D eigenvalue weighted by molar-refractivity contribution is -0.140. The van der Waals surface area contributed by atoms with Gasteiger partial charge in [-0.3, -0.25) is 9.36 Å². The van der Waals surface area contributed by atoms with Crippen LogP contribution in [0.1, 0.15) is 55.9 Å². The minimum absolute atomic E-state index is 0.162. The highest BCUT2D eigenvalue weighted by atomic mass is 16.4.